The van der Waals surface area contributed by atoms with E-state index in [0.29, 0.717) is 29.1 Å². The Kier molecular flexibility index (Phi) is 12.6. The largest absolute Gasteiger partial charge is 0.494 e. The number of anilines is 2. The summed E-state index contributed by atoms with van der Waals surface area (Å²) in [6.07, 6.45) is 3.38. The zero-order chi connectivity index (χ0) is 25.7. The molecule has 0 aliphatic rings. The Bertz CT molecular complexity index is 1130. The van der Waals surface area contributed by atoms with Crippen molar-refractivity contribution in [2.45, 2.75) is 13.8 Å². The highest BCUT2D eigenvalue weighted by Gasteiger charge is 2.13. The maximum atomic E-state index is 13.4. The van der Waals surface area contributed by atoms with Crippen LogP contribution in [-0.2, 0) is 0 Å². The lowest BCUT2D eigenvalue weighted by molar-refractivity contribution is 0.338. The minimum absolute atomic E-state index is 0.0108. The van der Waals surface area contributed by atoms with E-state index in [1.807, 2.05) is 60.2 Å². The Labute approximate surface area is 207 Å². The molecule has 0 fully saturated rings. The summed E-state index contributed by atoms with van der Waals surface area (Å²) in [6.45, 7) is 8.94. The lowest BCUT2D eigenvalue weighted by atomic mass is 10.1. The zero-order valence-electron chi connectivity index (χ0n) is 20.7. The number of nitrogens with zero attached hydrogens (tertiary/aromatic N) is 3. The predicted molar refractivity (Wildman–Crippen MR) is 141 cm³/mol. The summed E-state index contributed by atoms with van der Waals surface area (Å²) >= 11 is 5.84. The molecule has 0 saturated heterocycles. The van der Waals surface area contributed by atoms with Crippen LogP contribution in [-0.4, -0.2) is 51.2 Å². The molecule has 0 amide bonds. The van der Waals surface area contributed by atoms with E-state index in [1.165, 1.54) is 18.3 Å². The van der Waals surface area contributed by atoms with Gasteiger partial charge in [-0.3, -0.25) is 4.98 Å². The summed E-state index contributed by atoms with van der Waals surface area (Å²) in [4.78, 5) is 6.40. The number of aromatic nitrogens is 1. The Balaban J connectivity index is 0.000000551. The molecule has 34 heavy (non-hydrogen) atoms. The van der Waals surface area contributed by atoms with E-state index in [0.717, 1.165) is 23.2 Å². The number of benzene rings is 2. The first-order chi connectivity index (χ1) is 16.2. The molecule has 0 spiro atoms. The van der Waals surface area contributed by atoms with Gasteiger partial charge in [0.1, 0.15) is 17.6 Å². The van der Waals surface area contributed by atoms with Crippen molar-refractivity contribution >= 4 is 33.9 Å². The van der Waals surface area contributed by atoms with Crippen molar-refractivity contribution in [2.24, 2.45) is 0 Å². The van der Waals surface area contributed by atoms with Crippen molar-refractivity contribution in [3.05, 3.63) is 71.2 Å². The first-order valence-corrected chi connectivity index (χ1v) is 11.1. The molecule has 1 heterocycles. The summed E-state index contributed by atoms with van der Waals surface area (Å²) in [5.41, 5.74) is 3.20. The van der Waals surface area contributed by atoms with Crippen molar-refractivity contribution in [1.82, 2.24) is 15.2 Å². The van der Waals surface area contributed by atoms with Gasteiger partial charge in [0.2, 0.25) is 0 Å². The zero-order valence-corrected chi connectivity index (χ0v) is 21.4. The molecule has 0 unspecified atom stereocenters. The first kappa shape index (κ1) is 28.9. The maximum absolute atomic E-state index is 13.4. The number of hydrogen-bond acceptors (Lipinski definition) is 6. The van der Waals surface area contributed by atoms with E-state index >= 15 is 0 Å². The third kappa shape index (κ3) is 8.64. The molecule has 3 rings (SSSR count). The number of nitriles is 1. The first-order valence-electron chi connectivity index (χ1n) is 10.7. The Morgan fingerprint density at radius 2 is 1.94 bits per heavy atom. The van der Waals surface area contributed by atoms with Crippen molar-refractivity contribution in [3.63, 3.8) is 0 Å². The number of nitrogens with one attached hydrogen (secondary N) is 2. The van der Waals surface area contributed by atoms with Crippen LogP contribution in [0.3, 0.4) is 0 Å². The topological polar surface area (TPSA) is 73.2 Å². The van der Waals surface area contributed by atoms with Crippen LogP contribution in [0.4, 0.5) is 15.8 Å². The van der Waals surface area contributed by atoms with Crippen molar-refractivity contribution in [1.29, 1.82) is 5.26 Å². The Morgan fingerprint density at radius 1 is 1.26 bits per heavy atom. The van der Waals surface area contributed by atoms with Gasteiger partial charge in [-0.15, -0.1) is 6.58 Å². The second-order valence-corrected chi connectivity index (χ2v) is 7.94. The third-order valence-electron chi connectivity index (χ3n) is 4.27. The summed E-state index contributed by atoms with van der Waals surface area (Å²) in [5, 5.41) is 16.1. The molecular weight excluding hydrogens is 453 g/mol. The molecule has 0 saturated carbocycles. The summed E-state index contributed by atoms with van der Waals surface area (Å²) in [7, 11) is 7.78. The van der Waals surface area contributed by atoms with Crippen molar-refractivity contribution in [2.75, 3.05) is 46.7 Å². The van der Waals surface area contributed by atoms with Gasteiger partial charge < -0.3 is 20.3 Å². The van der Waals surface area contributed by atoms with E-state index in [1.54, 1.807) is 6.07 Å². The van der Waals surface area contributed by atoms with Gasteiger partial charge in [-0.2, -0.15) is 5.26 Å². The molecule has 0 aliphatic heterocycles. The van der Waals surface area contributed by atoms with Crippen LogP contribution in [0, 0.1) is 24.1 Å². The van der Waals surface area contributed by atoms with Crippen LogP contribution < -0.4 is 15.4 Å². The van der Waals surface area contributed by atoms with Gasteiger partial charge in [0.05, 0.1) is 28.4 Å². The van der Waals surface area contributed by atoms with Crippen LogP contribution in [0.2, 0.25) is 5.02 Å². The summed E-state index contributed by atoms with van der Waals surface area (Å²) < 4.78 is 19.0. The molecule has 0 aliphatic carbocycles. The van der Waals surface area contributed by atoms with Crippen LogP contribution >= 0.6 is 11.6 Å². The van der Waals surface area contributed by atoms with Gasteiger partial charge in [0.25, 0.3) is 0 Å². The highest BCUT2D eigenvalue weighted by atomic mass is 35.5. The van der Waals surface area contributed by atoms with Gasteiger partial charge in [-0.05, 0) is 71.9 Å². The molecule has 182 valence electrons. The normalized spacial score (nSPS) is 9.88. The van der Waals surface area contributed by atoms with E-state index in [9.17, 15) is 9.65 Å². The number of aryl methyl sites for hydroxylation is 1. The lowest BCUT2D eigenvalue weighted by Gasteiger charge is -2.14. The predicted octanol–water partition coefficient (Wildman–Crippen LogP) is 5.92. The number of fused-ring (bicyclic) bond motifs is 1. The second-order valence-electron chi connectivity index (χ2n) is 7.53. The highest BCUT2D eigenvalue weighted by Crippen LogP contribution is 2.33. The number of ether oxygens (including phenoxy) is 1. The van der Waals surface area contributed by atoms with Gasteiger partial charge in [0, 0.05) is 29.9 Å². The molecule has 2 aromatic carbocycles. The SMILES string of the molecule is C=CCN(C)C.CCOc1cc2ncc(C#N)c(Nc3ccc(F)c(Cl)c3)c2cc1C.CNC. The molecular formula is C26H33ClFN5O. The molecule has 1 aromatic heterocycles. The van der Waals surface area contributed by atoms with Gasteiger partial charge in [-0.25, -0.2) is 4.39 Å². The van der Waals surface area contributed by atoms with E-state index in [-0.39, 0.29) is 5.02 Å². The maximum Gasteiger partial charge on any atom is 0.141 e. The molecule has 2 N–H and O–H groups in total. The smallest absolute Gasteiger partial charge is 0.141 e. The summed E-state index contributed by atoms with van der Waals surface area (Å²) in [6, 6.07) is 10.2. The second kappa shape index (κ2) is 14.9. The van der Waals surface area contributed by atoms with Crippen LogP contribution in [0.15, 0.2) is 49.2 Å². The molecule has 0 bridgehead atoms. The van der Waals surface area contributed by atoms with Gasteiger partial charge >= 0.3 is 0 Å². The average Bonchev–Trinajstić information content (AvgIpc) is 2.78. The fourth-order valence-electron chi connectivity index (χ4n) is 2.83. The lowest BCUT2D eigenvalue weighted by Crippen LogP contribution is -2.09. The monoisotopic (exact) mass is 485 g/mol. The highest BCUT2D eigenvalue weighted by molar-refractivity contribution is 6.31. The fourth-order valence-corrected chi connectivity index (χ4v) is 3.02. The van der Waals surface area contributed by atoms with Crippen LogP contribution in [0.25, 0.3) is 10.9 Å². The van der Waals surface area contributed by atoms with E-state index in [2.05, 4.69) is 33.2 Å². The Morgan fingerprint density at radius 3 is 2.44 bits per heavy atom. The number of halogens is 2. The third-order valence-corrected chi connectivity index (χ3v) is 4.56. The molecule has 3 aromatic rings. The molecule has 0 radical (unpaired) electrons. The fraction of sp³-hybridized carbons (Fsp3) is 0.308. The minimum atomic E-state index is -0.496. The minimum Gasteiger partial charge on any atom is -0.494 e. The molecule has 6 nitrogen and oxygen atoms in total. The standard InChI is InChI=1S/C19H15ClFN3O.C5H11N.C2H7N/c1-3-25-18-8-17-14(6-11(18)2)19(12(9-22)10-23-17)24-13-4-5-16(21)15(20)7-13;1-4-5-6(2)3;1-3-2/h4-8,10H,3H2,1-2H3,(H,23,24);4H,1,5H2,2-3H3;3H,1-2H3. The summed E-state index contributed by atoms with van der Waals surface area (Å²) in [5.74, 6) is 0.257. The van der Waals surface area contributed by atoms with Crippen molar-refractivity contribution in [3.8, 4) is 11.8 Å². The quantitative estimate of drug-likeness (QED) is 0.422. The van der Waals surface area contributed by atoms with Crippen molar-refractivity contribution < 1.29 is 9.13 Å². The van der Waals surface area contributed by atoms with E-state index in [4.69, 9.17) is 16.3 Å². The van der Waals surface area contributed by atoms with E-state index < -0.39 is 5.82 Å². The average molecular weight is 486 g/mol. The number of rotatable bonds is 6. The Hall–Kier alpha value is -3.18. The number of likely N-dealkylation sites (N-methyl/N-ethyl adjacent to an activating group) is 1. The van der Waals surface area contributed by atoms with Crippen LogP contribution in [0.5, 0.6) is 5.75 Å². The molecule has 0 atom stereocenters. The van der Waals surface area contributed by atoms with Gasteiger partial charge in [-0.1, -0.05) is 17.7 Å². The number of hydrogen-bond donors (Lipinski definition) is 2. The van der Waals surface area contributed by atoms with Crippen LogP contribution in [0.1, 0.15) is 18.1 Å². The number of pyridine rings is 1. The van der Waals surface area contributed by atoms with Gasteiger partial charge in [0.15, 0.2) is 0 Å². The molecule has 8 heteroatoms.